The third kappa shape index (κ3) is 6.35. The van der Waals surface area contributed by atoms with Gasteiger partial charge in [0, 0.05) is 0 Å². The van der Waals surface area contributed by atoms with E-state index in [2.05, 4.69) is 38.1 Å². The van der Waals surface area contributed by atoms with Crippen LogP contribution < -0.4 is 4.74 Å². The van der Waals surface area contributed by atoms with Crippen molar-refractivity contribution in [2.24, 2.45) is 0 Å². The number of aryl methyl sites for hydroxylation is 1. The first kappa shape index (κ1) is 14.1. The molecule has 0 aliphatic heterocycles. The van der Waals surface area contributed by atoms with E-state index in [4.69, 9.17) is 4.74 Å². The number of ether oxygens (including phenoxy) is 1. The topological polar surface area (TPSA) is 9.23 Å². The van der Waals surface area contributed by atoms with Crippen molar-refractivity contribution in [1.82, 2.24) is 0 Å². The van der Waals surface area contributed by atoms with Gasteiger partial charge < -0.3 is 4.74 Å². The quantitative estimate of drug-likeness (QED) is 0.547. The van der Waals surface area contributed by atoms with Gasteiger partial charge in [-0.3, -0.25) is 0 Å². The highest BCUT2D eigenvalue weighted by Gasteiger charge is 1.96. The van der Waals surface area contributed by atoms with Gasteiger partial charge in [-0.25, -0.2) is 0 Å². The molecule has 0 radical (unpaired) electrons. The summed E-state index contributed by atoms with van der Waals surface area (Å²) in [6.07, 6.45) is 8.86. The maximum Gasteiger partial charge on any atom is 0.119 e. The lowest BCUT2D eigenvalue weighted by molar-refractivity contribution is 0.309. The molecule has 0 atom stereocenters. The van der Waals surface area contributed by atoms with Crippen molar-refractivity contribution >= 4 is 0 Å². The van der Waals surface area contributed by atoms with Crippen molar-refractivity contribution in [3.63, 3.8) is 0 Å². The minimum Gasteiger partial charge on any atom is -0.494 e. The molecular weight excluding hydrogens is 208 g/mol. The minimum absolute atomic E-state index is 0.840. The number of unbranched alkanes of at least 4 members (excludes halogenated alkanes) is 4. The molecule has 0 fully saturated rings. The molecule has 1 aromatic rings. The molecule has 0 aromatic heterocycles. The van der Waals surface area contributed by atoms with Crippen LogP contribution in [-0.2, 0) is 6.42 Å². The Morgan fingerprint density at radius 1 is 0.824 bits per heavy atom. The van der Waals surface area contributed by atoms with Crippen molar-refractivity contribution in [3.05, 3.63) is 29.8 Å². The fraction of sp³-hybridized carbons (Fsp3) is 0.625. The zero-order valence-electron chi connectivity index (χ0n) is 11.4. The molecule has 1 heteroatoms. The van der Waals surface area contributed by atoms with Crippen LogP contribution in [0.5, 0.6) is 5.75 Å². The van der Waals surface area contributed by atoms with Crippen LogP contribution in [0.1, 0.15) is 57.9 Å². The van der Waals surface area contributed by atoms with Crippen LogP contribution in [0.3, 0.4) is 0 Å². The Labute approximate surface area is 106 Å². The fourth-order valence-corrected chi connectivity index (χ4v) is 1.84. The van der Waals surface area contributed by atoms with Crippen molar-refractivity contribution in [2.45, 2.75) is 58.8 Å². The van der Waals surface area contributed by atoms with Crippen LogP contribution in [-0.4, -0.2) is 6.61 Å². The molecule has 0 N–H and O–H groups in total. The van der Waals surface area contributed by atoms with E-state index in [9.17, 15) is 0 Å². The minimum atomic E-state index is 0.840. The van der Waals surface area contributed by atoms with Crippen LogP contribution in [0.4, 0.5) is 0 Å². The van der Waals surface area contributed by atoms with E-state index < -0.39 is 0 Å². The number of benzene rings is 1. The summed E-state index contributed by atoms with van der Waals surface area (Å²) in [7, 11) is 0. The van der Waals surface area contributed by atoms with Crippen LogP contribution in [0.2, 0.25) is 0 Å². The van der Waals surface area contributed by atoms with E-state index in [1.54, 1.807) is 0 Å². The van der Waals surface area contributed by atoms with Gasteiger partial charge in [0.25, 0.3) is 0 Å². The van der Waals surface area contributed by atoms with Gasteiger partial charge in [0.2, 0.25) is 0 Å². The summed E-state index contributed by atoms with van der Waals surface area (Å²) in [5, 5.41) is 0. The molecule has 0 amide bonds. The summed E-state index contributed by atoms with van der Waals surface area (Å²) in [5.74, 6) is 1.01. The smallest absolute Gasteiger partial charge is 0.119 e. The second-order valence-electron chi connectivity index (χ2n) is 4.66. The van der Waals surface area contributed by atoms with Gasteiger partial charge in [0.05, 0.1) is 6.61 Å². The molecule has 0 unspecified atom stereocenters. The van der Waals surface area contributed by atoms with Crippen LogP contribution in [0.15, 0.2) is 24.3 Å². The van der Waals surface area contributed by atoms with Crippen molar-refractivity contribution in [3.8, 4) is 5.75 Å². The molecule has 17 heavy (non-hydrogen) atoms. The first-order valence-electron chi connectivity index (χ1n) is 7.08. The van der Waals surface area contributed by atoms with E-state index in [-0.39, 0.29) is 0 Å². The Balaban J connectivity index is 2.24. The molecule has 96 valence electrons. The third-order valence-corrected chi connectivity index (χ3v) is 3.01. The fourth-order valence-electron chi connectivity index (χ4n) is 1.84. The molecule has 0 saturated carbocycles. The molecular formula is C16H26O. The van der Waals surface area contributed by atoms with Crippen molar-refractivity contribution in [2.75, 3.05) is 6.61 Å². The lowest BCUT2D eigenvalue weighted by atomic mass is 10.1. The zero-order chi connectivity index (χ0) is 12.3. The maximum absolute atomic E-state index is 5.64. The van der Waals surface area contributed by atoms with Gasteiger partial charge >= 0.3 is 0 Å². The molecule has 1 rings (SSSR count). The van der Waals surface area contributed by atoms with Crippen molar-refractivity contribution in [1.29, 1.82) is 0 Å². The third-order valence-electron chi connectivity index (χ3n) is 3.01. The highest BCUT2D eigenvalue weighted by atomic mass is 16.5. The van der Waals surface area contributed by atoms with Gasteiger partial charge in [-0.2, -0.15) is 0 Å². The first-order chi connectivity index (χ1) is 8.36. The average Bonchev–Trinajstić information content (AvgIpc) is 2.37. The molecule has 0 aliphatic carbocycles. The Bertz CT molecular complexity index is 276. The van der Waals surface area contributed by atoms with Crippen molar-refractivity contribution < 1.29 is 4.74 Å². The molecule has 1 aromatic carbocycles. The SMILES string of the molecule is CCCCCCc1ccc(OCCCC)cc1. The zero-order valence-corrected chi connectivity index (χ0v) is 11.4. The summed E-state index contributed by atoms with van der Waals surface area (Å²) >= 11 is 0. The molecule has 1 nitrogen and oxygen atoms in total. The highest BCUT2D eigenvalue weighted by Crippen LogP contribution is 2.14. The summed E-state index contributed by atoms with van der Waals surface area (Å²) in [5.41, 5.74) is 1.43. The Morgan fingerprint density at radius 2 is 1.53 bits per heavy atom. The molecule has 0 heterocycles. The predicted octanol–water partition coefficient (Wildman–Crippen LogP) is 4.99. The van der Waals surface area contributed by atoms with E-state index >= 15 is 0 Å². The normalized spacial score (nSPS) is 10.5. The molecule has 0 saturated heterocycles. The molecule has 0 bridgehead atoms. The van der Waals surface area contributed by atoms with Gasteiger partial charge in [0.15, 0.2) is 0 Å². The molecule has 0 aliphatic rings. The standard InChI is InChI=1S/C16H26O/c1-3-5-7-8-9-15-10-12-16(13-11-15)17-14-6-4-2/h10-13H,3-9,14H2,1-2H3. The van der Waals surface area contributed by atoms with Gasteiger partial charge in [-0.05, 0) is 37.0 Å². The van der Waals surface area contributed by atoms with Crippen LogP contribution >= 0.6 is 0 Å². The van der Waals surface area contributed by atoms with Gasteiger partial charge in [-0.15, -0.1) is 0 Å². The number of hydrogen-bond donors (Lipinski definition) is 0. The van der Waals surface area contributed by atoms with E-state index in [0.717, 1.165) is 18.8 Å². The first-order valence-corrected chi connectivity index (χ1v) is 7.08. The molecule has 0 spiro atoms. The van der Waals surface area contributed by atoms with E-state index in [0.29, 0.717) is 0 Å². The van der Waals surface area contributed by atoms with Crippen LogP contribution in [0, 0.1) is 0 Å². The van der Waals surface area contributed by atoms with Crippen LogP contribution in [0.25, 0.3) is 0 Å². The van der Waals surface area contributed by atoms with Gasteiger partial charge in [-0.1, -0.05) is 51.7 Å². The lowest BCUT2D eigenvalue weighted by Gasteiger charge is -2.06. The Kier molecular flexibility index (Phi) is 7.53. The second kappa shape index (κ2) is 9.09. The number of hydrogen-bond acceptors (Lipinski definition) is 1. The van der Waals surface area contributed by atoms with E-state index in [1.807, 2.05) is 0 Å². The second-order valence-corrected chi connectivity index (χ2v) is 4.66. The summed E-state index contributed by atoms with van der Waals surface area (Å²) in [4.78, 5) is 0. The monoisotopic (exact) mass is 234 g/mol. The summed E-state index contributed by atoms with van der Waals surface area (Å²) < 4.78 is 5.64. The number of rotatable bonds is 9. The largest absolute Gasteiger partial charge is 0.494 e. The Hall–Kier alpha value is -0.980. The predicted molar refractivity (Wildman–Crippen MR) is 74.7 cm³/mol. The van der Waals surface area contributed by atoms with E-state index in [1.165, 1.54) is 44.1 Å². The Morgan fingerprint density at radius 3 is 2.18 bits per heavy atom. The summed E-state index contributed by atoms with van der Waals surface area (Å²) in [6.45, 7) is 5.28. The highest BCUT2D eigenvalue weighted by molar-refractivity contribution is 5.27. The van der Waals surface area contributed by atoms with Gasteiger partial charge in [0.1, 0.15) is 5.75 Å². The maximum atomic E-state index is 5.64. The summed E-state index contributed by atoms with van der Waals surface area (Å²) in [6, 6.07) is 8.61. The lowest BCUT2D eigenvalue weighted by Crippen LogP contribution is -1.96. The average molecular weight is 234 g/mol.